The molecule has 0 radical (unpaired) electrons. The Kier molecular flexibility index (Phi) is 4.78. The Hall–Kier alpha value is -1.39. The number of rotatable bonds is 5. The number of esters is 1. The van der Waals surface area contributed by atoms with Crippen molar-refractivity contribution in [2.45, 2.75) is 58.8 Å². The molecule has 5 nitrogen and oxygen atoms in total. The number of ether oxygens (including phenoxy) is 1. The molecule has 0 aliphatic heterocycles. The summed E-state index contributed by atoms with van der Waals surface area (Å²) >= 11 is 0. The van der Waals surface area contributed by atoms with E-state index in [0.717, 1.165) is 18.7 Å². The Balaban J connectivity index is 2.14. The molecule has 20 heavy (non-hydrogen) atoms. The lowest BCUT2D eigenvalue weighted by Crippen LogP contribution is -2.21. The first-order chi connectivity index (χ1) is 9.52. The van der Waals surface area contributed by atoms with Gasteiger partial charge in [0, 0.05) is 5.92 Å². The fraction of sp³-hybridized carbons (Fsp3) is 0.800. The monoisotopic (exact) mass is 280 g/mol. The average molecular weight is 280 g/mol. The van der Waals surface area contributed by atoms with Gasteiger partial charge in [0.2, 0.25) is 5.89 Å². The van der Waals surface area contributed by atoms with Crippen LogP contribution in [0.2, 0.25) is 0 Å². The molecule has 1 aliphatic carbocycles. The summed E-state index contributed by atoms with van der Waals surface area (Å²) in [5.74, 6) is 1.56. The van der Waals surface area contributed by atoms with Crippen LogP contribution in [0, 0.1) is 11.8 Å². The van der Waals surface area contributed by atoms with Gasteiger partial charge in [-0.25, -0.2) is 0 Å². The van der Waals surface area contributed by atoms with Gasteiger partial charge in [-0.05, 0) is 38.0 Å². The van der Waals surface area contributed by atoms with Crippen molar-refractivity contribution in [2.24, 2.45) is 11.8 Å². The minimum Gasteiger partial charge on any atom is -0.465 e. The summed E-state index contributed by atoms with van der Waals surface area (Å²) < 4.78 is 10.4. The zero-order chi connectivity index (χ0) is 14.7. The Morgan fingerprint density at radius 3 is 2.75 bits per heavy atom. The molecule has 1 fully saturated rings. The second-order valence-electron chi connectivity index (χ2n) is 6.08. The number of hydrogen-bond acceptors (Lipinski definition) is 5. The summed E-state index contributed by atoms with van der Waals surface area (Å²) in [6, 6.07) is 0. The number of hydrogen-bond donors (Lipinski definition) is 0. The van der Waals surface area contributed by atoms with E-state index in [4.69, 9.17) is 9.26 Å². The summed E-state index contributed by atoms with van der Waals surface area (Å²) in [6.07, 6.45) is 3.41. The van der Waals surface area contributed by atoms with Crippen LogP contribution in [0.3, 0.4) is 0 Å². The molecule has 3 unspecified atom stereocenters. The van der Waals surface area contributed by atoms with E-state index in [2.05, 4.69) is 17.1 Å². The first kappa shape index (κ1) is 15.0. The summed E-state index contributed by atoms with van der Waals surface area (Å²) in [5, 5.41) is 4.08. The van der Waals surface area contributed by atoms with Crippen molar-refractivity contribution in [1.82, 2.24) is 10.1 Å². The summed E-state index contributed by atoms with van der Waals surface area (Å²) in [6.45, 7) is 8.33. The van der Waals surface area contributed by atoms with E-state index in [1.54, 1.807) is 6.92 Å². The van der Waals surface area contributed by atoms with Crippen molar-refractivity contribution in [3.05, 3.63) is 11.7 Å². The van der Waals surface area contributed by atoms with Gasteiger partial charge < -0.3 is 9.26 Å². The lowest BCUT2D eigenvalue weighted by atomic mass is 9.96. The second-order valence-corrected chi connectivity index (χ2v) is 6.08. The fourth-order valence-electron chi connectivity index (χ4n) is 2.87. The third-order valence-electron chi connectivity index (χ3n) is 3.99. The van der Waals surface area contributed by atoms with Crippen LogP contribution in [0.5, 0.6) is 0 Å². The maximum Gasteiger partial charge on any atom is 0.318 e. The van der Waals surface area contributed by atoms with Crippen molar-refractivity contribution in [2.75, 3.05) is 6.61 Å². The molecule has 0 spiro atoms. The third-order valence-corrected chi connectivity index (χ3v) is 3.99. The van der Waals surface area contributed by atoms with E-state index in [1.165, 1.54) is 6.42 Å². The number of nitrogens with zero attached hydrogens (tertiary/aromatic N) is 2. The van der Waals surface area contributed by atoms with Crippen LogP contribution in [0.15, 0.2) is 4.52 Å². The van der Waals surface area contributed by atoms with E-state index in [-0.39, 0.29) is 11.9 Å². The van der Waals surface area contributed by atoms with Gasteiger partial charge in [-0.1, -0.05) is 25.9 Å². The van der Waals surface area contributed by atoms with Gasteiger partial charge in [-0.2, -0.15) is 4.98 Å². The highest BCUT2D eigenvalue weighted by atomic mass is 16.5. The third kappa shape index (κ3) is 3.19. The molecule has 5 heteroatoms. The van der Waals surface area contributed by atoms with Gasteiger partial charge in [-0.15, -0.1) is 0 Å². The number of carbonyl (C=O) groups is 1. The largest absolute Gasteiger partial charge is 0.465 e. The van der Waals surface area contributed by atoms with Crippen LogP contribution in [0.25, 0.3) is 0 Å². The molecule has 0 saturated heterocycles. The van der Waals surface area contributed by atoms with E-state index in [1.807, 2.05) is 13.8 Å². The first-order valence-electron chi connectivity index (χ1n) is 7.53. The molecule has 0 N–H and O–H groups in total. The number of carbonyl (C=O) groups excluding carboxylic acids is 1. The van der Waals surface area contributed by atoms with E-state index in [9.17, 15) is 4.79 Å². The maximum absolute atomic E-state index is 12.0. The van der Waals surface area contributed by atoms with Gasteiger partial charge in [-0.3, -0.25) is 4.79 Å². The highest BCUT2D eigenvalue weighted by Gasteiger charge is 2.33. The molecule has 1 aromatic heterocycles. The molecule has 1 aromatic rings. The van der Waals surface area contributed by atoms with Crippen LogP contribution < -0.4 is 0 Å². The molecule has 1 saturated carbocycles. The average Bonchev–Trinajstić information content (AvgIpc) is 2.98. The highest BCUT2D eigenvalue weighted by molar-refractivity contribution is 5.77. The topological polar surface area (TPSA) is 65.2 Å². The minimum absolute atomic E-state index is 0.0739. The summed E-state index contributed by atoms with van der Waals surface area (Å²) in [4.78, 5) is 16.5. The zero-order valence-corrected chi connectivity index (χ0v) is 12.8. The van der Waals surface area contributed by atoms with Gasteiger partial charge in [0.25, 0.3) is 0 Å². The minimum atomic E-state index is -0.463. The molecule has 2 rings (SSSR count). The Labute approximate surface area is 120 Å². The van der Waals surface area contributed by atoms with Crippen molar-refractivity contribution in [3.8, 4) is 0 Å². The standard InChI is InChI=1S/C15H24N2O3/c1-5-19-15(18)12(9(2)3)14-16-13(17-20-14)11-7-6-10(4)8-11/h9-12H,5-8H2,1-4H3. The lowest BCUT2D eigenvalue weighted by Gasteiger charge is -2.14. The normalized spacial score (nSPS) is 24.1. The maximum atomic E-state index is 12.0. The van der Waals surface area contributed by atoms with Crippen molar-refractivity contribution in [3.63, 3.8) is 0 Å². The molecular formula is C15H24N2O3. The molecule has 0 amide bonds. The quantitative estimate of drug-likeness (QED) is 0.774. The van der Waals surface area contributed by atoms with Crippen LogP contribution in [-0.4, -0.2) is 22.7 Å². The van der Waals surface area contributed by atoms with E-state index < -0.39 is 5.92 Å². The zero-order valence-electron chi connectivity index (χ0n) is 12.8. The van der Waals surface area contributed by atoms with Crippen LogP contribution >= 0.6 is 0 Å². The molecule has 1 heterocycles. The van der Waals surface area contributed by atoms with E-state index >= 15 is 0 Å². The van der Waals surface area contributed by atoms with Crippen LogP contribution in [-0.2, 0) is 9.53 Å². The Morgan fingerprint density at radius 2 is 2.20 bits per heavy atom. The van der Waals surface area contributed by atoms with Crippen LogP contribution in [0.4, 0.5) is 0 Å². The molecule has 0 aromatic carbocycles. The molecule has 1 aliphatic rings. The number of aromatic nitrogens is 2. The molecule has 0 bridgehead atoms. The summed E-state index contributed by atoms with van der Waals surface area (Å²) in [7, 11) is 0. The van der Waals surface area contributed by atoms with Gasteiger partial charge in [0.1, 0.15) is 5.92 Å². The van der Waals surface area contributed by atoms with Crippen molar-refractivity contribution in [1.29, 1.82) is 0 Å². The molecule has 112 valence electrons. The fourth-order valence-corrected chi connectivity index (χ4v) is 2.87. The Morgan fingerprint density at radius 1 is 1.45 bits per heavy atom. The van der Waals surface area contributed by atoms with Gasteiger partial charge >= 0.3 is 5.97 Å². The lowest BCUT2D eigenvalue weighted by molar-refractivity contribution is -0.146. The van der Waals surface area contributed by atoms with Gasteiger partial charge in [0.15, 0.2) is 5.82 Å². The SMILES string of the molecule is CCOC(=O)C(c1nc(C2CCC(C)C2)no1)C(C)C. The van der Waals surface area contributed by atoms with E-state index in [0.29, 0.717) is 24.3 Å². The second kappa shape index (κ2) is 6.37. The molecular weight excluding hydrogens is 256 g/mol. The first-order valence-corrected chi connectivity index (χ1v) is 7.53. The smallest absolute Gasteiger partial charge is 0.318 e. The van der Waals surface area contributed by atoms with Crippen molar-refractivity contribution < 1.29 is 14.1 Å². The predicted octanol–water partition coefficient (Wildman–Crippen LogP) is 3.28. The predicted molar refractivity (Wildman–Crippen MR) is 74.3 cm³/mol. The van der Waals surface area contributed by atoms with Crippen molar-refractivity contribution >= 4 is 5.97 Å². The highest BCUT2D eigenvalue weighted by Crippen LogP contribution is 2.37. The van der Waals surface area contributed by atoms with Crippen LogP contribution in [0.1, 0.15) is 70.5 Å². The Bertz CT molecular complexity index is 456. The van der Waals surface area contributed by atoms with Gasteiger partial charge in [0.05, 0.1) is 6.61 Å². The molecule has 3 atom stereocenters. The summed E-state index contributed by atoms with van der Waals surface area (Å²) in [5.41, 5.74) is 0.